The van der Waals surface area contributed by atoms with Gasteiger partial charge in [-0.1, -0.05) is 31.6 Å². The Bertz CT molecular complexity index is 496. The zero-order chi connectivity index (χ0) is 14.0. The van der Waals surface area contributed by atoms with Gasteiger partial charge in [-0.25, -0.2) is 4.79 Å². The van der Waals surface area contributed by atoms with Crippen LogP contribution in [0.25, 0.3) is 0 Å². The van der Waals surface area contributed by atoms with Crippen LogP contribution in [0.1, 0.15) is 19.8 Å². The van der Waals surface area contributed by atoms with E-state index in [0.29, 0.717) is 18.6 Å². The van der Waals surface area contributed by atoms with Crippen LogP contribution in [0.3, 0.4) is 0 Å². The van der Waals surface area contributed by atoms with E-state index in [-0.39, 0.29) is 5.57 Å². The highest BCUT2D eigenvalue weighted by atomic mass is 16.6. The summed E-state index contributed by atoms with van der Waals surface area (Å²) >= 11 is 0. The van der Waals surface area contributed by atoms with Gasteiger partial charge in [0.05, 0.1) is 12.2 Å². The van der Waals surface area contributed by atoms with Crippen molar-refractivity contribution in [3.05, 3.63) is 35.5 Å². The van der Waals surface area contributed by atoms with Crippen molar-refractivity contribution in [3.63, 3.8) is 0 Å². The molecule has 2 aliphatic rings. The largest absolute Gasteiger partial charge is 0.480 e. The number of unbranched alkanes of at least 4 members (excludes halogenated alkanes) is 1. The van der Waals surface area contributed by atoms with Gasteiger partial charge in [0.15, 0.2) is 0 Å². The Morgan fingerprint density at radius 1 is 1.53 bits per heavy atom. The van der Waals surface area contributed by atoms with Crippen LogP contribution in [-0.4, -0.2) is 34.9 Å². The summed E-state index contributed by atoms with van der Waals surface area (Å²) in [7, 11) is 0. The summed E-state index contributed by atoms with van der Waals surface area (Å²) < 4.78 is 5.17. The van der Waals surface area contributed by atoms with Crippen LogP contribution < -0.4 is 0 Å². The lowest BCUT2D eigenvalue weighted by atomic mass is 9.73. The smallest absolute Gasteiger partial charge is 0.335 e. The highest BCUT2D eigenvalue weighted by molar-refractivity contribution is 5.94. The van der Waals surface area contributed by atoms with Gasteiger partial charge < -0.3 is 14.9 Å². The Balaban J connectivity index is 2.46. The summed E-state index contributed by atoms with van der Waals surface area (Å²) in [6.07, 6.45) is 7.19. The van der Waals surface area contributed by atoms with Crippen LogP contribution in [0.2, 0.25) is 0 Å². The minimum Gasteiger partial charge on any atom is -0.480 e. The van der Waals surface area contributed by atoms with Crippen LogP contribution in [0.15, 0.2) is 35.5 Å². The van der Waals surface area contributed by atoms with Crippen molar-refractivity contribution in [1.82, 2.24) is 0 Å². The zero-order valence-electron chi connectivity index (χ0n) is 10.6. The van der Waals surface area contributed by atoms with Gasteiger partial charge in [0.1, 0.15) is 11.5 Å². The van der Waals surface area contributed by atoms with E-state index in [0.717, 1.165) is 6.42 Å². The van der Waals surface area contributed by atoms with Crippen molar-refractivity contribution in [1.29, 1.82) is 0 Å². The van der Waals surface area contributed by atoms with Gasteiger partial charge in [-0.2, -0.15) is 0 Å². The predicted octanol–water partition coefficient (Wildman–Crippen LogP) is 1.76. The number of carbonyl (C=O) groups is 2. The fourth-order valence-corrected chi connectivity index (χ4v) is 2.25. The maximum absolute atomic E-state index is 11.7. The monoisotopic (exact) mass is 264 g/mol. The molecule has 102 valence electrons. The minimum atomic E-state index is -1.24. The molecule has 1 aliphatic heterocycles. The molecule has 0 aromatic heterocycles. The molecule has 1 saturated heterocycles. The van der Waals surface area contributed by atoms with Gasteiger partial charge in [0.2, 0.25) is 0 Å². The molecule has 2 rings (SSSR count). The zero-order valence-corrected chi connectivity index (χ0v) is 10.6. The van der Waals surface area contributed by atoms with Gasteiger partial charge in [-0.3, -0.25) is 4.79 Å². The second-order valence-corrected chi connectivity index (χ2v) is 4.68. The van der Waals surface area contributed by atoms with Crippen molar-refractivity contribution in [2.75, 3.05) is 6.61 Å². The summed E-state index contributed by atoms with van der Waals surface area (Å²) in [5.74, 6) is -2.07. The Morgan fingerprint density at radius 3 is 2.68 bits per heavy atom. The lowest BCUT2D eigenvalue weighted by molar-refractivity contribution is -0.145. The number of hydrogen-bond donors (Lipinski definition) is 2. The average Bonchev–Trinajstić information content (AvgIpc) is 3.19. The van der Waals surface area contributed by atoms with E-state index >= 15 is 0 Å². The number of rotatable bonds is 5. The fourth-order valence-electron chi connectivity index (χ4n) is 2.25. The SMILES string of the molecule is CCCC=C1C=C(C(=O)O)C=CC1(C(=O)O)C1CO1. The van der Waals surface area contributed by atoms with E-state index < -0.39 is 23.5 Å². The van der Waals surface area contributed by atoms with Crippen molar-refractivity contribution in [3.8, 4) is 0 Å². The van der Waals surface area contributed by atoms with Crippen molar-refractivity contribution >= 4 is 11.9 Å². The Hall–Kier alpha value is -1.88. The van der Waals surface area contributed by atoms with E-state index in [9.17, 15) is 14.7 Å². The number of hydrogen-bond acceptors (Lipinski definition) is 3. The Morgan fingerprint density at radius 2 is 2.21 bits per heavy atom. The predicted molar refractivity (Wildman–Crippen MR) is 67.7 cm³/mol. The number of epoxide rings is 1. The van der Waals surface area contributed by atoms with Crippen molar-refractivity contribution in [2.24, 2.45) is 5.41 Å². The number of allylic oxidation sites excluding steroid dienone is 2. The summed E-state index contributed by atoms with van der Waals surface area (Å²) in [6, 6.07) is 0. The number of aliphatic carboxylic acids is 2. The van der Waals surface area contributed by atoms with Crippen LogP contribution in [0.4, 0.5) is 0 Å². The molecule has 1 aliphatic carbocycles. The molecule has 2 atom stereocenters. The third-order valence-corrected chi connectivity index (χ3v) is 3.41. The van der Waals surface area contributed by atoms with Crippen LogP contribution in [0, 0.1) is 5.41 Å². The molecule has 2 unspecified atom stereocenters. The van der Waals surface area contributed by atoms with Gasteiger partial charge >= 0.3 is 11.9 Å². The lowest BCUT2D eigenvalue weighted by Gasteiger charge is -2.28. The third-order valence-electron chi connectivity index (χ3n) is 3.41. The minimum absolute atomic E-state index is 0.0971. The van der Waals surface area contributed by atoms with Gasteiger partial charge in [-0.05, 0) is 18.1 Å². The lowest BCUT2D eigenvalue weighted by Crippen LogP contribution is -2.38. The van der Waals surface area contributed by atoms with E-state index in [1.165, 1.54) is 18.2 Å². The molecule has 0 radical (unpaired) electrons. The average molecular weight is 264 g/mol. The molecular weight excluding hydrogens is 248 g/mol. The second kappa shape index (κ2) is 5.01. The van der Waals surface area contributed by atoms with Gasteiger partial charge in [-0.15, -0.1) is 0 Å². The normalized spacial score (nSPS) is 31.1. The first-order valence-electron chi connectivity index (χ1n) is 6.22. The fraction of sp³-hybridized carbons (Fsp3) is 0.429. The highest BCUT2D eigenvalue weighted by Crippen LogP contribution is 2.45. The molecule has 0 aromatic rings. The molecule has 19 heavy (non-hydrogen) atoms. The summed E-state index contributed by atoms with van der Waals surface area (Å²) in [6.45, 7) is 2.37. The van der Waals surface area contributed by atoms with E-state index in [1.54, 1.807) is 6.08 Å². The summed E-state index contributed by atoms with van der Waals surface area (Å²) in [4.78, 5) is 22.7. The Kier molecular flexibility index (Phi) is 3.57. The summed E-state index contributed by atoms with van der Waals surface area (Å²) in [5.41, 5.74) is -0.641. The first kappa shape index (κ1) is 13.5. The number of ether oxygens (including phenoxy) is 1. The molecule has 1 heterocycles. The Labute approximate surface area is 110 Å². The molecule has 0 aromatic carbocycles. The first-order chi connectivity index (χ1) is 9.02. The molecule has 2 N–H and O–H groups in total. The maximum atomic E-state index is 11.7. The standard InChI is InChI=1S/C14H16O5/c1-2-3-4-10-7-9(12(15)16)5-6-14(10,13(17)18)11-8-19-11/h4-7,11H,2-3,8H2,1H3,(H,15,16)(H,17,18). The molecule has 0 saturated carbocycles. The topological polar surface area (TPSA) is 87.1 Å². The molecule has 0 bridgehead atoms. The van der Waals surface area contributed by atoms with Gasteiger partial charge in [0.25, 0.3) is 0 Å². The third kappa shape index (κ3) is 2.33. The molecule has 0 amide bonds. The molecular formula is C14H16O5. The van der Waals surface area contributed by atoms with Crippen LogP contribution >= 0.6 is 0 Å². The number of carboxylic acid groups (broad SMARTS) is 2. The van der Waals surface area contributed by atoms with E-state index in [1.807, 2.05) is 6.92 Å². The van der Waals surface area contributed by atoms with Crippen molar-refractivity contribution in [2.45, 2.75) is 25.9 Å². The van der Waals surface area contributed by atoms with Crippen LogP contribution in [0.5, 0.6) is 0 Å². The number of carboxylic acids is 2. The van der Waals surface area contributed by atoms with Crippen molar-refractivity contribution < 1.29 is 24.5 Å². The summed E-state index contributed by atoms with van der Waals surface area (Å²) in [5, 5.41) is 18.6. The molecule has 5 nitrogen and oxygen atoms in total. The van der Waals surface area contributed by atoms with E-state index in [2.05, 4.69) is 0 Å². The highest BCUT2D eigenvalue weighted by Gasteiger charge is 2.54. The molecule has 0 spiro atoms. The van der Waals surface area contributed by atoms with Gasteiger partial charge in [0, 0.05) is 0 Å². The second-order valence-electron chi connectivity index (χ2n) is 4.68. The van der Waals surface area contributed by atoms with Crippen LogP contribution in [-0.2, 0) is 14.3 Å². The molecule has 5 heteroatoms. The van der Waals surface area contributed by atoms with E-state index in [4.69, 9.17) is 9.84 Å². The first-order valence-corrected chi connectivity index (χ1v) is 6.22. The molecule has 1 fully saturated rings. The maximum Gasteiger partial charge on any atom is 0.335 e. The quantitative estimate of drug-likeness (QED) is 0.739.